The van der Waals surface area contributed by atoms with Gasteiger partial charge < -0.3 is 29.8 Å². The quantitative estimate of drug-likeness (QED) is 0.449. The van der Waals surface area contributed by atoms with Crippen LogP contribution in [0.4, 0.5) is 5.69 Å². The van der Waals surface area contributed by atoms with Crippen molar-refractivity contribution in [1.29, 1.82) is 0 Å². The van der Waals surface area contributed by atoms with Crippen LogP contribution in [0.15, 0.2) is 71.3 Å². The number of rotatable bonds is 10. The van der Waals surface area contributed by atoms with Crippen LogP contribution in [0.3, 0.4) is 0 Å². The molecule has 0 unspecified atom stereocenters. The first kappa shape index (κ1) is 22.4. The number of ether oxygens (including phenoxy) is 2. The fourth-order valence-corrected chi connectivity index (χ4v) is 2.61. The number of furan rings is 1. The highest BCUT2D eigenvalue weighted by Crippen LogP contribution is 2.25. The van der Waals surface area contributed by atoms with Crippen molar-refractivity contribution >= 4 is 23.4 Å². The molecule has 0 atom stereocenters. The molecule has 1 aromatic heterocycles. The molecule has 166 valence electrons. The third kappa shape index (κ3) is 6.91. The molecule has 0 fully saturated rings. The van der Waals surface area contributed by atoms with Gasteiger partial charge in [0.25, 0.3) is 5.91 Å². The summed E-state index contributed by atoms with van der Waals surface area (Å²) < 4.78 is 16.1. The Labute approximate surface area is 184 Å². The van der Waals surface area contributed by atoms with E-state index in [0.29, 0.717) is 23.8 Å². The van der Waals surface area contributed by atoms with Gasteiger partial charge in [0.05, 0.1) is 26.0 Å². The zero-order chi connectivity index (χ0) is 22.8. The summed E-state index contributed by atoms with van der Waals surface area (Å²) in [5.41, 5.74) is 0.550. The van der Waals surface area contributed by atoms with E-state index < -0.39 is 17.7 Å². The summed E-state index contributed by atoms with van der Waals surface area (Å²) in [4.78, 5) is 35.5. The van der Waals surface area contributed by atoms with Gasteiger partial charge >= 0.3 is 0 Å². The van der Waals surface area contributed by atoms with Gasteiger partial charge in [-0.05, 0) is 67.6 Å². The van der Waals surface area contributed by atoms with Crippen LogP contribution in [0.1, 0.15) is 17.5 Å². The van der Waals surface area contributed by atoms with Gasteiger partial charge in [0.15, 0.2) is 5.76 Å². The number of anilines is 1. The highest BCUT2D eigenvalue weighted by atomic mass is 16.5. The summed E-state index contributed by atoms with van der Waals surface area (Å²) in [7, 11) is 0. The van der Waals surface area contributed by atoms with Crippen molar-refractivity contribution in [3.63, 3.8) is 0 Å². The third-order valence-corrected chi connectivity index (χ3v) is 4.11. The summed E-state index contributed by atoms with van der Waals surface area (Å²) in [6.07, 6.45) is 1.36. The molecular weight excluding hydrogens is 414 g/mol. The zero-order valence-corrected chi connectivity index (χ0v) is 17.4. The first-order chi connectivity index (χ1) is 15.5. The molecule has 3 rings (SSSR count). The van der Waals surface area contributed by atoms with E-state index in [1.807, 2.05) is 19.1 Å². The smallest absolute Gasteiger partial charge is 0.287 e. The van der Waals surface area contributed by atoms with Crippen molar-refractivity contribution in [3.05, 3.63) is 72.7 Å². The van der Waals surface area contributed by atoms with E-state index in [9.17, 15) is 14.4 Å². The predicted octanol–water partition coefficient (Wildman–Crippen LogP) is 2.96. The molecule has 0 saturated heterocycles. The van der Waals surface area contributed by atoms with Gasteiger partial charge in [0.1, 0.15) is 17.2 Å². The fraction of sp³-hybridized carbons (Fsp3) is 0.174. The lowest BCUT2D eigenvalue weighted by molar-refractivity contribution is -0.123. The van der Waals surface area contributed by atoms with Gasteiger partial charge in [-0.3, -0.25) is 14.4 Å². The number of carbonyl (C=O) groups is 3. The zero-order valence-electron chi connectivity index (χ0n) is 17.4. The van der Waals surface area contributed by atoms with Crippen LogP contribution in [-0.2, 0) is 9.59 Å². The van der Waals surface area contributed by atoms with Crippen molar-refractivity contribution in [3.8, 4) is 17.2 Å². The highest BCUT2D eigenvalue weighted by Gasteiger charge is 2.11. The number of carbonyl (C=O) groups excluding carboxylic acids is 3. The second-order valence-corrected chi connectivity index (χ2v) is 6.52. The van der Waals surface area contributed by atoms with E-state index in [-0.39, 0.29) is 18.8 Å². The lowest BCUT2D eigenvalue weighted by Crippen LogP contribution is -2.40. The SMILES string of the molecule is CCOc1ccc(Oc2ccc(NC(=O)CNC(=O)CNC(=O)c3ccco3)cc2)cc1. The normalized spacial score (nSPS) is 10.2. The summed E-state index contributed by atoms with van der Waals surface area (Å²) in [6.45, 7) is 2.01. The van der Waals surface area contributed by atoms with Gasteiger partial charge in [-0.15, -0.1) is 0 Å². The van der Waals surface area contributed by atoms with Crippen molar-refractivity contribution in [1.82, 2.24) is 10.6 Å². The molecule has 3 N–H and O–H groups in total. The molecule has 3 aromatic rings. The van der Waals surface area contributed by atoms with Crippen LogP contribution >= 0.6 is 0 Å². The van der Waals surface area contributed by atoms with Crippen LogP contribution in [-0.4, -0.2) is 37.4 Å². The number of nitrogens with one attached hydrogen (secondary N) is 3. The molecule has 9 heteroatoms. The maximum atomic E-state index is 12.0. The molecule has 0 bridgehead atoms. The minimum Gasteiger partial charge on any atom is -0.494 e. The van der Waals surface area contributed by atoms with Gasteiger partial charge in [-0.2, -0.15) is 0 Å². The number of amides is 3. The largest absolute Gasteiger partial charge is 0.494 e. The first-order valence-corrected chi connectivity index (χ1v) is 9.92. The topological polar surface area (TPSA) is 119 Å². The average Bonchev–Trinajstić information content (AvgIpc) is 3.34. The molecule has 1 heterocycles. The Morgan fingerprint density at radius 3 is 2.06 bits per heavy atom. The van der Waals surface area contributed by atoms with Crippen LogP contribution in [0.2, 0.25) is 0 Å². The summed E-state index contributed by atoms with van der Waals surface area (Å²) in [6, 6.07) is 17.1. The van der Waals surface area contributed by atoms with Gasteiger partial charge in [0, 0.05) is 5.69 Å². The van der Waals surface area contributed by atoms with E-state index in [0.717, 1.165) is 5.75 Å². The highest BCUT2D eigenvalue weighted by molar-refractivity contribution is 5.96. The van der Waals surface area contributed by atoms with Gasteiger partial charge in [0.2, 0.25) is 11.8 Å². The predicted molar refractivity (Wildman–Crippen MR) is 117 cm³/mol. The molecule has 3 amide bonds. The van der Waals surface area contributed by atoms with E-state index in [2.05, 4.69) is 16.0 Å². The fourth-order valence-electron chi connectivity index (χ4n) is 2.61. The number of hydrogen-bond donors (Lipinski definition) is 3. The van der Waals surface area contributed by atoms with Crippen LogP contribution < -0.4 is 25.4 Å². The standard InChI is InChI=1S/C23H23N3O6/c1-2-30-17-9-11-19(12-10-17)32-18-7-5-16(6-8-18)26-22(28)15-24-21(27)14-25-23(29)20-4-3-13-31-20/h3-13H,2,14-15H2,1H3,(H,24,27)(H,25,29)(H,26,28). The number of benzene rings is 2. The maximum Gasteiger partial charge on any atom is 0.287 e. The van der Waals surface area contributed by atoms with E-state index in [1.54, 1.807) is 42.5 Å². The summed E-state index contributed by atoms with van der Waals surface area (Å²) in [5.74, 6) is 0.715. The Hall–Kier alpha value is -4.27. The Bertz CT molecular complexity index is 1030. The summed E-state index contributed by atoms with van der Waals surface area (Å²) >= 11 is 0. The Morgan fingerprint density at radius 2 is 1.44 bits per heavy atom. The summed E-state index contributed by atoms with van der Waals surface area (Å²) in [5, 5.41) is 7.50. The molecule has 2 aromatic carbocycles. The molecule has 32 heavy (non-hydrogen) atoms. The number of hydrogen-bond acceptors (Lipinski definition) is 6. The van der Waals surface area contributed by atoms with Crippen LogP contribution in [0.5, 0.6) is 17.2 Å². The Kier molecular flexibility index (Phi) is 7.85. The molecule has 0 aliphatic rings. The van der Waals surface area contributed by atoms with Gasteiger partial charge in [-0.25, -0.2) is 0 Å². The lowest BCUT2D eigenvalue weighted by atomic mass is 10.3. The van der Waals surface area contributed by atoms with Gasteiger partial charge in [-0.1, -0.05) is 0 Å². The average molecular weight is 437 g/mol. The molecule has 0 spiro atoms. The van der Waals surface area contributed by atoms with E-state index in [1.165, 1.54) is 12.3 Å². The van der Waals surface area contributed by atoms with Crippen molar-refractivity contribution in [2.45, 2.75) is 6.92 Å². The minimum atomic E-state index is -0.512. The molecule has 9 nitrogen and oxygen atoms in total. The van der Waals surface area contributed by atoms with Crippen molar-refractivity contribution in [2.75, 3.05) is 25.0 Å². The first-order valence-electron chi connectivity index (χ1n) is 9.92. The monoisotopic (exact) mass is 437 g/mol. The molecular formula is C23H23N3O6. The molecule has 0 aliphatic heterocycles. The molecule has 0 radical (unpaired) electrons. The molecule has 0 aliphatic carbocycles. The van der Waals surface area contributed by atoms with Crippen LogP contribution in [0.25, 0.3) is 0 Å². The van der Waals surface area contributed by atoms with E-state index >= 15 is 0 Å². The third-order valence-electron chi connectivity index (χ3n) is 4.11. The molecule has 0 saturated carbocycles. The van der Waals surface area contributed by atoms with Crippen molar-refractivity contribution in [2.24, 2.45) is 0 Å². The second-order valence-electron chi connectivity index (χ2n) is 6.52. The Morgan fingerprint density at radius 1 is 0.812 bits per heavy atom. The Balaban J connectivity index is 1.39. The van der Waals surface area contributed by atoms with Crippen LogP contribution in [0, 0.1) is 0 Å². The minimum absolute atomic E-state index is 0.102. The lowest BCUT2D eigenvalue weighted by Gasteiger charge is -2.10. The maximum absolute atomic E-state index is 12.0. The van der Waals surface area contributed by atoms with Crippen molar-refractivity contribution < 1.29 is 28.3 Å². The second kappa shape index (κ2) is 11.2. The van der Waals surface area contributed by atoms with E-state index in [4.69, 9.17) is 13.9 Å².